The number of methoxy groups -OCH3 is 3. The molecule has 0 spiro atoms. The van der Waals surface area contributed by atoms with E-state index in [9.17, 15) is 14.7 Å². The third-order valence-corrected chi connectivity index (χ3v) is 6.22. The standard InChI is InChI=1S/C29H29NO7/c1-5-37-20-12-8-11-18(16-20)26-25(27(31)24-22(35-3)14-9-15-23(24)36-4)28(32)29(33)30(26)17-19-10-6-7-13-21(19)34-2/h6-16,26,31H,5,17H2,1-4H3/b27-25+. The minimum absolute atomic E-state index is 0.0728. The van der Waals surface area contributed by atoms with E-state index in [-0.39, 0.29) is 23.4 Å². The van der Waals surface area contributed by atoms with Crippen LogP contribution in [-0.2, 0) is 16.1 Å². The lowest BCUT2D eigenvalue weighted by molar-refractivity contribution is -0.140. The number of likely N-dealkylation sites (tertiary alicyclic amines) is 1. The molecule has 1 amide bonds. The maximum absolute atomic E-state index is 13.5. The van der Waals surface area contributed by atoms with Crippen molar-refractivity contribution in [3.8, 4) is 23.0 Å². The number of Topliss-reactive ketones (excluding diaryl/α,β-unsaturated/α-hetero) is 1. The summed E-state index contributed by atoms with van der Waals surface area (Å²) in [6.45, 7) is 2.40. The zero-order chi connectivity index (χ0) is 26.5. The molecule has 0 aliphatic carbocycles. The van der Waals surface area contributed by atoms with E-state index in [0.717, 1.165) is 0 Å². The lowest BCUT2D eigenvalue weighted by Crippen LogP contribution is -2.29. The van der Waals surface area contributed by atoms with E-state index in [1.165, 1.54) is 19.1 Å². The Hall–Kier alpha value is -4.46. The third-order valence-electron chi connectivity index (χ3n) is 6.22. The lowest BCUT2D eigenvalue weighted by atomic mass is 9.94. The summed E-state index contributed by atoms with van der Waals surface area (Å²) in [5.74, 6) is -0.179. The molecule has 1 unspecified atom stereocenters. The second-order valence-corrected chi connectivity index (χ2v) is 8.28. The molecule has 1 aliphatic rings. The second kappa shape index (κ2) is 11.1. The fourth-order valence-corrected chi connectivity index (χ4v) is 4.57. The predicted molar refractivity (Wildman–Crippen MR) is 138 cm³/mol. The van der Waals surface area contributed by atoms with Crippen LogP contribution in [0.5, 0.6) is 23.0 Å². The molecule has 8 heteroatoms. The van der Waals surface area contributed by atoms with Gasteiger partial charge in [0.15, 0.2) is 0 Å². The van der Waals surface area contributed by atoms with Gasteiger partial charge >= 0.3 is 0 Å². The van der Waals surface area contributed by atoms with Crippen LogP contribution in [0.4, 0.5) is 0 Å². The van der Waals surface area contributed by atoms with Gasteiger partial charge in [-0.2, -0.15) is 0 Å². The van der Waals surface area contributed by atoms with Crippen LogP contribution in [0.1, 0.15) is 29.7 Å². The average Bonchev–Trinajstić information content (AvgIpc) is 3.17. The Labute approximate surface area is 215 Å². The Kier molecular flexibility index (Phi) is 7.67. The number of amides is 1. The number of ether oxygens (including phenoxy) is 4. The van der Waals surface area contributed by atoms with Crippen LogP contribution < -0.4 is 18.9 Å². The van der Waals surface area contributed by atoms with Crippen LogP contribution in [0.3, 0.4) is 0 Å². The molecule has 1 atom stereocenters. The summed E-state index contributed by atoms with van der Waals surface area (Å²) in [4.78, 5) is 28.4. The number of hydrogen-bond acceptors (Lipinski definition) is 7. The number of nitrogens with zero attached hydrogens (tertiary/aromatic N) is 1. The van der Waals surface area contributed by atoms with Crippen molar-refractivity contribution in [3.05, 3.63) is 89.0 Å². The summed E-state index contributed by atoms with van der Waals surface area (Å²) in [5.41, 5.74) is 1.44. The summed E-state index contributed by atoms with van der Waals surface area (Å²) >= 11 is 0. The van der Waals surface area contributed by atoms with Gasteiger partial charge in [0, 0.05) is 5.56 Å². The number of ketones is 1. The maximum Gasteiger partial charge on any atom is 0.295 e. The second-order valence-electron chi connectivity index (χ2n) is 8.28. The van der Waals surface area contributed by atoms with Crippen molar-refractivity contribution in [2.45, 2.75) is 19.5 Å². The first-order chi connectivity index (χ1) is 17.9. The van der Waals surface area contributed by atoms with Gasteiger partial charge in [0.25, 0.3) is 11.7 Å². The summed E-state index contributed by atoms with van der Waals surface area (Å²) in [6.07, 6.45) is 0. The molecule has 192 valence electrons. The van der Waals surface area contributed by atoms with Crippen molar-refractivity contribution in [3.63, 3.8) is 0 Å². The first-order valence-corrected chi connectivity index (χ1v) is 11.8. The van der Waals surface area contributed by atoms with Crippen LogP contribution in [0.15, 0.2) is 72.3 Å². The van der Waals surface area contributed by atoms with Gasteiger partial charge in [0.2, 0.25) is 0 Å². The molecule has 3 aromatic rings. The smallest absolute Gasteiger partial charge is 0.295 e. The third kappa shape index (κ3) is 4.82. The molecule has 0 radical (unpaired) electrons. The molecule has 37 heavy (non-hydrogen) atoms. The number of carbonyl (C=O) groups is 2. The number of aliphatic hydroxyl groups is 1. The zero-order valence-electron chi connectivity index (χ0n) is 21.2. The molecule has 0 aromatic heterocycles. The fourth-order valence-electron chi connectivity index (χ4n) is 4.57. The molecule has 3 aromatic carbocycles. The molecule has 1 aliphatic heterocycles. The Balaban J connectivity index is 1.95. The van der Waals surface area contributed by atoms with Gasteiger partial charge in [-0.3, -0.25) is 9.59 Å². The van der Waals surface area contributed by atoms with Crippen LogP contribution in [-0.4, -0.2) is 49.6 Å². The molecule has 1 saturated heterocycles. The maximum atomic E-state index is 13.5. The molecule has 1 heterocycles. The molecule has 0 saturated carbocycles. The van der Waals surface area contributed by atoms with Gasteiger partial charge < -0.3 is 29.0 Å². The van der Waals surface area contributed by atoms with E-state index in [4.69, 9.17) is 18.9 Å². The molecule has 1 fully saturated rings. The van der Waals surface area contributed by atoms with Gasteiger partial charge in [-0.15, -0.1) is 0 Å². The van der Waals surface area contributed by atoms with E-state index in [1.54, 1.807) is 55.6 Å². The van der Waals surface area contributed by atoms with Gasteiger partial charge in [-0.1, -0.05) is 36.4 Å². The summed E-state index contributed by atoms with van der Waals surface area (Å²) < 4.78 is 22.1. The molecular weight excluding hydrogens is 474 g/mol. The summed E-state index contributed by atoms with van der Waals surface area (Å²) in [7, 11) is 4.45. The van der Waals surface area contributed by atoms with E-state index >= 15 is 0 Å². The Morgan fingerprint density at radius 3 is 2.14 bits per heavy atom. The van der Waals surface area contributed by atoms with E-state index < -0.39 is 17.7 Å². The van der Waals surface area contributed by atoms with Crippen molar-refractivity contribution in [2.75, 3.05) is 27.9 Å². The average molecular weight is 504 g/mol. The van der Waals surface area contributed by atoms with E-state index in [2.05, 4.69) is 0 Å². The lowest BCUT2D eigenvalue weighted by Gasteiger charge is -2.26. The van der Waals surface area contributed by atoms with Crippen molar-refractivity contribution in [1.29, 1.82) is 0 Å². The van der Waals surface area contributed by atoms with E-state index in [0.29, 0.717) is 40.7 Å². The number of hydrogen-bond donors (Lipinski definition) is 1. The van der Waals surface area contributed by atoms with Gasteiger partial charge in [0.05, 0.1) is 46.1 Å². The summed E-state index contributed by atoms with van der Waals surface area (Å²) in [6, 6.07) is 18.5. The number of rotatable bonds is 9. The monoisotopic (exact) mass is 503 g/mol. The predicted octanol–water partition coefficient (Wildman–Crippen LogP) is 4.73. The highest BCUT2D eigenvalue weighted by atomic mass is 16.5. The minimum Gasteiger partial charge on any atom is -0.506 e. The number of benzene rings is 3. The molecule has 1 N–H and O–H groups in total. The highest BCUT2D eigenvalue weighted by Crippen LogP contribution is 2.44. The van der Waals surface area contributed by atoms with Crippen molar-refractivity contribution in [2.24, 2.45) is 0 Å². The fraction of sp³-hybridized carbons (Fsp3) is 0.241. The van der Waals surface area contributed by atoms with Crippen LogP contribution in [0.2, 0.25) is 0 Å². The quantitative estimate of drug-likeness (QED) is 0.256. The zero-order valence-corrected chi connectivity index (χ0v) is 21.2. The van der Waals surface area contributed by atoms with Crippen molar-refractivity contribution < 1.29 is 33.6 Å². The van der Waals surface area contributed by atoms with Crippen LogP contribution in [0.25, 0.3) is 5.76 Å². The van der Waals surface area contributed by atoms with Gasteiger partial charge in [-0.25, -0.2) is 0 Å². The summed E-state index contributed by atoms with van der Waals surface area (Å²) in [5, 5.41) is 11.6. The highest BCUT2D eigenvalue weighted by Gasteiger charge is 2.47. The van der Waals surface area contributed by atoms with Crippen molar-refractivity contribution in [1.82, 2.24) is 4.90 Å². The highest BCUT2D eigenvalue weighted by molar-refractivity contribution is 6.46. The molecule has 8 nitrogen and oxygen atoms in total. The Morgan fingerprint density at radius 1 is 0.865 bits per heavy atom. The molecule has 0 bridgehead atoms. The van der Waals surface area contributed by atoms with Gasteiger partial charge in [-0.05, 0) is 42.8 Å². The van der Waals surface area contributed by atoms with E-state index in [1.807, 2.05) is 25.1 Å². The molecular formula is C29H29NO7. The van der Waals surface area contributed by atoms with Crippen molar-refractivity contribution >= 4 is 17.4 Å². The molecule has 4 rings (SSSR count). The Bertz CT molecular complexity index is 1330. The number of para-hydroxylation sites is 1. The number of carbonyl (C=O) groups excluding carboxylic acids is 2. The number of aliphatic hydroxyl groups excluding tert-OH is 1. The Morgan fingerprint density at radius 2 is 1.49 bits per heavy atom. The van der Waals surface area contributed by atoms with Crippen LogP contribution >= 0.6 is 0 Å². The SMILES string of the molecule is CCOc1cccc(C2/C(=C(\O)c3c(OC)cccc3OC)C(=O)C(=O)N2Cc2ccccc2OC)c1. The van der Waals surface area contributed by atoms with Crippen LogP contribution in [0, 0.1) is 0 Å². The van der Waals surface area contributed by atoms with Gasteiger partial charge in [0.1, 0.15) is 34.3 Å². The first kappa shape index (κ1) is 25.6. The minimum atomic E-state index is -0.903. The first-order valence-electron chi connectivity index (χ1n) is 11.8. The normalized spacial score (nSPS) is 16.5. The topological polar surface area (TPSA) is 94.5 Å². The largest absolute Gasteiger partial charge is 0.506 e.